The van der Waals surface area contributed by atoms with Gasteiger partial charge in [-0.05, 0) is 63.0 Å². The van der Waals surface area contributed by atoms with Crippen LogP contribution in [0.2, 0.25) is 0 Å². The first-order chi connectivity index (χ1) is 9.89. The Labute approximate surface area is 127 Å². The summed E-state index contributed by atoms with van der Waals surface area (Å²) in [6.07, 6.45) is 4.60. The summed E-state index contributed by atoms with van der Waals surface area (Å²) in [5.74, 6) is 6.37. The lowest BCUT2D eigenvalue weighted by molar-refractivity contribution is 0.0365. The number of nitrogens with two attached hydrogens (primary N) is 1. The molecule has 0 bridgehead atoms. The molecule has 0 radical (unpaired) electrons. The summed E-state index contributed by atoms with van der Waals surface area (Å²) in [7, 11) is 4.21. The molecule has 1 aromatic rings. The third-order valence-electron chi connectivity index (χ3n) is 5.00. The molecule has 1 saturated carbocycles. The minimum atomic E-state index is -0.192. The zero-order valence-electron chi connectivity index (χ0n) is 13.6. The van der Waals surface area contributed by atoms with Crippen molar-refractivity contribution in [1.82, 2.24) is 10.3 Å². The van der Waals surface area contributed by atoms with E-state index in [9.17, 15) is 4.39 Å². The lowest BCUT2D eigenvalue weighted by atomic mass is 9.69. The van der Waals surface area contributed by atoms with E-state index in [4.69, 9.17) is 5.84 Å². The standard InChI is InChI=1S/C17H28FN3/c1-12-6-5-7-17(11-12,21(3)4)16(20-19)14-8-13(2)9-15(18)10-14/h8-10,12,16,20H,5-7,11,19H2,1-4H3. The van der Waals surface area contributed by atoms with E-state index in [0.29, 0.717) is 5.92 Å². The van der Waals surface area contributed by atoms with E-state index in [1.54, 1.807) is 12.1 Å². The lowest BCUT2D eigenvalue weighted by Crippen LogP contribution is -2.57. The minimum absolute atomic E-state index is 0.0628. The first-order valence-corrected chi connectivity index (χ1v) is 7.79. The molecule has 3 unspecified atom stereocenters. The first kappa shape index (κ1) is 16.4. The molecule has 21 heavy (non-hydrogen) atoms. The van der Waals surface area contributed by atoms with Crippen molar-refractivity contribution in [3.05, 3.63) is 35.1 Å². The van der Waals surface area contributed by atoms with Gasteiger partial charge in [0.2, 0.25) is 0 Å². The lowest BCUT2D eigenvalue weighted by Gasteiger charge is -2.50. The van der Waals surface area contributed by atoms with Crippen LogP contribution in [0.15, 0.2) is 18.2 Å². The second-order valence-electron chi connectivity index (χ2n) is 6.86. The number of hydrogen-bond donors (Lipinski definition) is 2. The second-order valence-corrected chi connectivity index (χ2v) is 6.86. The van der Waals surface area contributed by atoms with Crippen LogP contribution in [-0.2, 0) is 0 Å². The monoisotopic (exact) mass is 293 g/mol. The SMILES string of the molecule is Cc1cc(F)cc(C(NN)C2(N(C)C)CCCC(C)C2)c1. The fraction of sp³-hybridized carbons (Fsp3) is 0.647. The number of likely N-dealkylation sites (N-methyl/N-ethyl adjacent to an activating group) is 1. The molecule has 0 aromatic heterocycles. The molecular formula is C17H28FN3. The zero-order chi connectivity index (χ0) is 15.6. The van der Waals surface area contributed by atoms with E-state index in [1.807, 2.05) is 13.0 Å². The summed E-state index contributed by atoms with van der Waals surface area (Å²) in [6.45, 7) is 4.22. The van der Waals surface area contributed by atoms with Crippen LogP contribution in [0.25, 0.3) is 0 Å². The van der Waals surface area contributed by atoms with Crippen molar-refractivity contribution in [2.75, 3.05) is 14.1 Å². The van der Waals surface area contributed by atoms with Crippen LogP contribution in [0, 0.1) is 18.7 Å². The van der Waals surface area contributed by atoms with Gasteiger partial charge in [-0.25, -0.2) is 4.39 Å². The highest BCUT2D eigenvalue weighted by molar-refractivity contribution is 5.29. The zero-order valence-corrected chi connectivity index (χ0v) is 13.6. The molecule has 3 nitrogen and oxygen atoms in total. The molecule has 118 valence electrons. The van der Waals surface area contributed by atoms with E-state index < -0.39 is 0 Å². The van der Waals surface area contributed by atoms with Gasteiger partial charge in [0.05, 0.1) is 6.04 Å². The average Bonchev–Trinajstić information content (AvgIpc) is 2.38. The predicted molar refractivity (Wildman–Crippen MR) is 85.3 cm³/mol. The number of halogens is 1. The summed E-state index contributed by atoms with van der Waals surface area (Å²) >= 11 is 0. The maximum atomic E-state index is 13.8. The molecule has 4 heteroatoms. The number of nitrogens with zero attached hydrogens (tertiary/aromatic N) is 1. The van der Waals surface area contributed by atoms with Gasteiger partial charge < -0.3 is 4.90 Å². The van der Waals surface area contributed by atoms with E-state index in [2.05, 4.69) is 31.3 Å². The molecule has 0 saturated heterocycles. The van der Waals surface area contributed by atoms with Gasteiger partial charge in [0.15, 0.2) is 0 Å². The number of hydrogen-bond acceptors (Lipinski definition) is 3. The van der Waals surface area contributed by atoms with Gasteiger partial charge in [-0.1, -0.05) is 25.8 Å². The Balaban J connectivity index is 2.44. The Kier molecular flexibility index (Phi) is 5.02. The number of aryl methyl sites for hydroxylation is 1. The molecule has 3 N–H and O–H groups in total. The van der Waals surface area contributed by atoms with Crippen molar-refractivity contribution in [3.63, 3.8) is 0 Å². The summed E-state index contributed by atoms with van der Waals surface area (Å²) < 4.78 is 13.8. The summed E-state index contributed by atoms with van der Waals surface area (Å²) in [5.41, 5.74) is 4.79. The van der Waals surface area contributed by atoms with Gasteiger partial charge >= 0.3 is 0 Å². The number of hydrazine groups is 1. The fourth-order valence-corrected chi connectivity index (χ4v) is 3.98. The van der Waals surface area contributed by atoms with Crippen LogP contribution < -0.4 is 11.3 Å². The van der Waals surface area contributed by atoms with E-state index >= 15 is 0 Å². The van der Waals surface area contributed by atoms with E-state index in [0.717, 1.165) is 24.0 Å². The Hall–Kier alpha value is -0.970. The van der Waals surface area contributed by atoms with Gasteiger partial charge in [0, 0.05) is 5.54 Å². The normalized spacial score (nSPS) is 27.9. The maximum absolute atomic E-state index is 13.8. The van der Waals surface area contributed by atoms with Crippen LogP contribution in [-0.4, -0.2) is 24.5 Å². The molecule has 2 rings (SSSR count). The van der Waals surface area contributed by atoms with Crippen LogP contribution in [0.3, 0.4) is 0 Å². The van der Waals surface area contributed by atoms with Crippen molar-refractivity contribution in [3.8, 4) is 0 Å². The molecule has 0 aliphatic heterocycles. The van der Waals surface area contributed by atoms with Crippen molar-refractivity contribution in [2.24, 2.45) is 11.8 Å². The summed E-state index contributed by atoms with van der Waals surface area (Å²) in [5, 5.41) is 0. The highest BCUT2D eigenvalue weighted by Crippen LogP contribution is 2.43. The van der Waals surface area contributed by atoms with Crippen LogP contribution in [0.5, 0.6) is 0 Å². The highest BCUT2D eigenvalue weighted by atomic mass is 19.1. The van der Waals surface area contributed by atoms with Crippen LogP contribution >= 0.6 is 0 Å². The minimum Gasteiger partial charge on any atom is -0.302 e. The van der Waals surface area contributed by atoms with E-state index in [-0.39, 0.29) is 17.4 Å². The smallest absolute Gasteiger partial charge is 0.123 e. The van der Waals surface area contributed by atoms with Crippen LogP contribution in [0.1, 0.15) is 49.8 Å². The van der Waals surface area contributed by atoms with Gasteiger partial charge in [0.1, 0.15) is 5.82 Å². The second kappa shape index (κ2) is 6.42. The molecule has 3 atom stereocenters. The molecule has 1 aromatic carbocycles. The van der Waals surface area contributed by atoms with Crippen LogP contribution in [0.4, 0.5) is 4.39 Å². The molecule has 0 amide bonds. The van der Waals surface area contributed by atoms with Crippen molar-refractivity contribution < 1.29 is 4.39 Å². The van der Waals surface area contributed by atoms with Crippen molar-refractivity contribution in [1.29, 1.82) is 0 Å². The molecule has 0 spiro atoms. The van der Waals surface area contributed by atoms with Gasteiger partial charge in [0.25, 0.3) is 0 Å². The number of nitrogens with one attached hydrogen (secondary N) is 1. The summed E-state index contributed by atoms with van der Waals surface area (Å²) in [4.78, 5) is 2.27. The number of benzene rings is 1. The van der Waals surface area contributed by atoms with Gasteiger partial charge in [-0.2, -0.15) is 0 Å². The Morgan fingerprint density at radius 1 is 1.38 bits per heavy atom. The largest absolute Gasteiger partial charge is 0.302 e. The Morgan fingerprint density at radius 2 is 2.10 bits per heavy atom. The first-order valence-electron chi connectivity index (χ1n) is 7.79. The molecule has 0 heterocycles. The Bertz CT molecular complexity index is 469. The maximum Gasteiger partial charge on any atom is 0.123 e. The average molecular weight is 293 g/mol. The van der Waals surface area contributed by atoms with Gasteiger partial charge in [-0.15, -0.1) is 0 Å². The van der Waals surface area contributed by atoms with Gasteiger partial charge in [-0.3, -0.25) is 11.3 Å². The third kappa shape index (κ3) is 3.28. The molecule has 1 aliphatic carbocycles. The third-order valence-corrected chi connectivity index (χ3v) is 5.00. The highest BCUT2D eigenvalue weighted by Gasteiger charge is 2.44. The van der Waals surface area contributed by atoms with Crippen molar-refractivity contribution >= 4 is 0 Å². The molecule has 1 aliphatic rings. The fourth-order valence-electron chi connectivity index (χ4n) is 3.98. The summed E-state index contributed by atoms with van der Waals surface area (Å²) in [6, 6.07) is 5.15. The predicted octanol–water partition coefficient (Wildman–Crippen LogP) is 3.15. The molecular weight excluding hydrogens is 265 g/mol. The Morgan fingerprint density at radius 3 is 2.62 bits per heavy atom. The number of rotatable bonds is 4. The topological polar surface area (TPSA) is 41.3 Å². The van der Waals surface area contributed by atoms with E-state index in [1.165, 1.54) is 12.8 Å². The molecule has 1 fully saturated rings. The van der Waals surface area contributed by atoms with Crippen molar-refractivity contribution in [2.45, 2.75) is 51.1 Å². The quantitative estimate of drug-likeness (QED) is 0.662.